The van der Waals surface area contributed by atoms with Crippen molar-refractivity contribution in [3.05, 3.63) is 78.1 Å². The zero-order valence-corrected chi connectivity index (χ0v) is 27.3. The number of carbonyl (C=O) groups is 2. The Bertz CT molecular complexity index is 1210. The molecule has 0 radical (unpaired) electrons. The van der Waals surface area contributed by atoms with Crippen LogP contribution in [0, 0.1) is 23.7 Å². The molecule has 0 spiro atoms. The van der Waals surface area contributed by atoms with Gasteiger partial charge in [0.15, 0.2) is 0 Å². The summed E-state index contributed by atoms with van der Waals surface area (Å²) in [4.78, 5) is 24.3. The number of aliphatic hydroxyl groups is 2. The number of esters is 2. The standard InChI is InChI=1S/C39H54O6/c1-4-5-6-7-30-8-10-31(11-9-30)12-13-32-22-24-39(25-23-32,33-14-18-35(19-15-33)44-37(42)28(2)26-40)34-16-20-36(21-17-34)45-38(43)29(3)27-41/h14-16,18-21,30-32,34,40-41H,2-13,17,22-27H2,1H3. The smallest absolute Gasteiger partial charge is 0.341 e. The van der Waals surface area contributed by atoms with E-state index in [0.29, 0.717) is 11.5 Å². The number of hydrogen-bond acceptors (Lipinski definition) is 6. The van der Waals surface area contributed by atoms with Crippen LogP contribution >= 0.6 is 0 Å². The van der Waals surface area contributed by atoms with Crippen molar-refractivity contribution in [2.45, 2.75) is 109 Å². The zero-order valence-electron chi connectivity index (χ0n) is 27.3. The summed E-state index contributed by atoms with van der Waals surface area (Å²) >= 11 is 0. The second kappa shape index (κ2) is 17.1. The van der Waals surface area contributed by atoms with Gasteiger partial charge in [-0.3, -0.25) is 0 Å². The molecule has 0 aromatic heterocycles. The maximum atomic E-state index is 12.1. The highest BCUT2D eigenvalue weighted by molar-refractivity contribution is 5.89. The summed E-state index contributed by atoms with van der Waals surface area (Å²) in [7, 11) is 0. The Morgan fingerprint density at radius 1 is 0.800 bits per heavy atom. The summed E-state index contributed by atoms with van der Waals surface area (Å²) in [5.74, 6) is 2.51. The normalized spacial score (nSPS) is 26.5. The predicted octanol–water partition coefficient (Wildman–Crippen LogP) is 8.29. The minimum atomic E-state index is -0.628. The Hall–Kier alpha value is -2.96. The molecule has 45 heavy (non-hydrogen) atoms. The summed E-state index contributed by atoms with van der Waals surface area (Å²) < 4.78 is 10.8. The fraction of sp³-hybridized carbons (Fsp3) is 0.590. The Kier molecular flexibility index (Phi) is 13.3. The third kappa shape index (κ3) is 9.52. The van der Waals surface area contributed by atoms with Crippen LogP contribution in [0.1, 0.15) is 109 Å². The summed E-state index contributed by atoms with van der Waals surface area (Å²) in [6.45, 7) is 8.54. The largest absolute Gasteiger partial charge is 0.423 e. The lowest BCUT2D eigenvalue weighted by atomic mass is 9.58. The highest BCUT2D eigenvalue weighted by Gasteiger charge is 2.42. The first kappa shape index (κ1) is 34.9. The molecule has 246 valence electrons. The molecule has 0 amide bonds. The number of benzene rings is 1. The van der Waals surface area contributed by atoms with Gasteiger partial charge in [0.25, 0.3) is 0 Å². The van der Waals surface area contributed by atoms with Crippen LogP contribution < -0.4 is 4.74 Å². The average Bonchev–Trinajstić information content (AvgIpc) is 3.08. The van der Waals surface area contributed by atoms with E-state index in [0.717, 1.165) is 37.0 Å². The van der Waals surface area contributed by atoms with Crippen LogP contribution in [0.5, 0.6) is 5.75 Å². The summed E-state index contributed by atoms with van der Waals surface area (Å²) in [6.07, 6.45) is 25.1. The Morgan fingerprint density at radius 2 is 1.36 bits per heavy atom. The van der Waals surface area contributed by atoms with E-state index in [4.69, 9.17) is 9.47 Å². The zero-order chi connectivity index (χ0) is 32.2. The molecule has 2 saturated carbocycles. The Labute approximate surface area is 270 Å². The van der Waals surface area contributed by atoms with Gasteiger partial charge in [-0.25, -0.2) is 9.59 Å². The first-order chi connectivity index (χ1) is 21.8. The van der Waals surface area contributed by atoms with Crippen LogP contribution in [0.15, 0.2) is 72.6 Å². The van der Waals surface area contributed by atoms with Crippen LogP contribution in [-0.4, -0.2) is 35.4 Å². The molecule has 1 atom stereocenters. The molecule has 0 bridgehead atoms. The van der Waals surface area contributed by atoms with E-state index in [1.54, 1.807) is 0 Å². The SMILES string of the molecule is C=C(CO)C(=O)OC1=CCC(C2(c3ccc(OC(=O)C(=C)CO)cc3)CCC(CCC3CCC(CCCCC)CC3)CC2)C=C1. The van der Waals surface area contributed by atoms with Crippen LogP contribution in [-0.2, 0) is 19.7 Å². The quantitative estimate of drug-likeness (QED) is 0.0889. The van der Waals surface area contributed by atoms with E-state index in [1.807, 2.05) is 24.3 Å². The Morgan fingerprint density at radius 3 is 1.89 bits per heavy atom. The molecule has 1 aromatic carbocycles. The molecule has 0 saturated heterocycles. The molecular weight excluding hydrogens is 564 g/mol. The lowest BCUT2D eigenvalue weighted by molar-refractivity contribution is -0.135. The van der Waals surface area contributed by atoms with Gasteiger partial charge in [0, 0.05) is 5.41 Å². The second-order valence-electron chi connectivity index (χ2n) is 13.7. The first-order valence-corrected chi connectivity index (χ1v) is 17.3. The molecule has 1 aromatic rings. The molecule has 2 fully saturated rings. The maximum absolute atomic E-state index is 12.1. The Balaban J connectivity index is 1.39. The van der Waals surface area contributed by atoms with Crippen molar-refractivity contribution in [3.8, 4) is 5.75 Å². The van der Waals surface area contributed by atoms with Gasteiger partial charge >= 0.3 is 11.9 Å². The summed E-state index contributed by atoms with van der Waals surface area (Å²) in [5.41, 5.74) is 1.19. The number of rotatable bonds is 15. The van der Waals surface area contributed by atoms with E-state index in [1.165, 1.54) is 82.6 Å². The van der Waals surface area contributed by atoms with E-state index in [9.17, 15) is 19.8 Å². The third-order valence-corrected chi connectivity index (χ3v) is 10.7. The maximum Gasteiger partial charge on any atom is 0.341 e. The minimum absolute atomic E-state index is 0.0204. The third-order valence-electron chi connectivity index (χ3n) is 10.7. The summed E-state index contributed by atoms with van der Waals surface area (Å²) in [5, 5.41) is 18.4. The lowest BCUT2D eigenvalue weighted by Gasteiger charge is -2.46. The number of ether oxygens (including phenoxy) is 2. The second-order valence-corrected chi connectivity index (χ2v) is 13.7. The van der Waals surface area contributed by atoms with Gasteiger partial charge in [-0.1, -0.05) is 102 Å². The fourth-order valence-corrected chi connectivity index (χ4v) is 7.75. The van der Waals surface area contributed by atoms with Crippen molar-refractivity contribution in [1.82, 2.24) is 0 Å². The topological polar surface area (TPSA) is 93.1 Å². The fourth-order valence-electron chi connectivity index (χ4n) is 7.75. The number of carbonyl (C=O) groups excluding carboxylic acids is 2. The molecule has 6 heteroatoms. The minimum Gasteiger partial charge on any atom is -0.423 e. The van der Waals surface area contributed by atoms with Gasteiger partial charge in [0.1, 0.15) is 11.5 Å². The molecule has 2 N–H and O–H groups in total. The van der Waals surface area contributed by atoms with Crippen molar-refractivity contribution in [2.75, 3.05) is 13.2 Å². The molecule has 6 nitrogen and oxygen atoms in total. The predicted molar refractivity (Wildman–Crippen MR) is 178 cm³/mol. The van der Waals surface area contributed by atoms with Gasteiger partial charge in [-0.2, -0.15) is 0 Å². The van der Waals surface area contributed by atoms with Crippen LogP contribution in [0.3, 0.4) is 0 Å². The van der Waals surface area contributed by atoms with E-state index in [-0.39, 0.29) is 22.5 Å². The lowest BCUT2D eigenvalue weighted by Crippen LogP contribution is -2.39. The van der Waals surface area contributed by atoms with Crippen LogP contribution in [0.2, 0.25) is 0 Å². The van der Waals surface area contributed by atoms with Gasteiger partial charge < -0.3 is 19.7 Å². The highest BCUT2D eigenvalue weighted by atomic mass is 16.5. The van der Waals surface area contributed by atoms with Gasteiger partial charge in [-0.05, 0) is 85.6 Å². The van der Waals surface area contributed by atoms with Crippen molar-refractivity contribution in [3.63, 3.8) is 0 Å². The molecular formula is C39H54O6. The van der Waals surface area contributed by atoms with E-state index >= 15 is 0 Å². The molecule has 0 heterocycles. The molecule has 4 rings (SSSR count). The van der Waals surface area contributed by atoms with E-state index < -0.39 is 25.2 Å². The van der Waals surface area contributed by atoms with Gasteiger partial charge in [-0.15, -0.1) is 0 Å². The number of unbranched alkanes of at least 4 members (excludes halogenated alkanes) is 2. The van der Waals surface area contributed by atoms with Crippen molar-refractivity contribution in [1.29, 1.82) is 0 Å². The summed E-state index contributed by atoms with van der Waals surface area (Å²) in [6, 6.07) is 7.81. The molecule has 3 aliphatic rings. The van der Waals surface area contributed by atoms with E-state index in [2.05, 4.69) is 38.3 Å². The van der Waals surface area contributed by atoms with Gasteiger partial charge in [0.2, 0.25) is 0 Å². The number of allylic oxidation sites excluding steroid dienone is 3. The average molecular weight is 619 g/mol. The molecule has 1 unspecified atom stereocenters. The van der Waals surface area contributed by atoms with Crippen molar-refractivity contribution < 1.29 is 29.3 Å². The van der Waals surface area contributed by atoms with Crippen molar-refractivity contribution in [2.24, 2.45) is 23.7 Å². The van der Waals surface area contributed by atoms with Crippen molar-refractivity contribution >= 4 is 11.9 Å². The number of aliphatic hydroxyl groups excluding tert-OH is 2. The van der Waals surface area contributed by atoms with Gasteiger partial charge in [0.05, 0.1) is 24.4 Å². The first-order valence-electron chi connectivity index (χ1n) is 17.3. The monoisotopic (exact) mass is 618 g/mol. The van der Waals surface area contributed by atoms with Crippen LogP contribution in [0.4, 0.5) is 0 Å². The molecule has 3 aliphatic carbocycles. The van der Waals surface area contributed by atoms with Crippen LogP contribution in [0.25, 0.3) is 0 Å². The number of hydrogen-bond donors (Lipinski definition) is 2. The highest BCUT2D eigenvalue weighted by Crippen LogP contribution is 2.51. The molecule has 0 aliphatic heterocycles.